The monoisotopic (exact) mass is 409 g/mol. The number of H-pyrrole nitrogens is 1. The van der Waals surface area contributed by atoms with Crippen LogP contribution in [0.4, 0.5) is 0 Å². The summed E-state index contributed by atoms with van der Waals surface area (Å²) in [6, 6.07) is 4.86. The third kappa shape index (κ3) is 4.72. The van der Waals surface area contributed by atoms with Crippen molar-refractivity contribution in [3.8, 4) is 28.8 Å². The lowest BCUT2D eigenvalue weighted by molar-refractivity contribution is -0.145. The van der Waals surface area contributed by atoms with Crippen molar-refractivity contribution in [2.45, 2.75) is 12.1 Å². The molecule has 0 atom stereocenters. The molecule has 0 aliphatic heterocycles. The molecule has 2 aromatic rings. The van der Waals surface area contributed by atoms with Gasteiger partial charge < -0.3 is 19.2 Å². The summed E-state index contributed by atoms with van der Waals surface area (Å²) in [5, 5.41) is 9.80. The van der Waals surface area contributed by atoms with E-state index in [9.17, 15) is 14.9 Å². The highest BCUT2D eigenvalue weighted by atomic mass is 35.5. The fourth-order valence-electron chi connectivity index (χ4n) is 2.19. The first-order valence-electron chi connectivity index (χ1n) is 7.69. The van der Waals surface area contributed by atoms with Crippen molar-refractivity contribution in [2.75, 3.05) is 26.6 Å². The number of carbonyl (C=O) groups is 1. The number of thioether (sulfide) groups is 1. The number of aromatic nitrogens is 2. The molecule has 0 aliphatic carbocycles. The number of rotatable bonds is 7. The SMILES string of the molecule is CCOC(=O)COc1c(Cl)cc(-c2nc(SC)[nH]c(=O)c2C#N)cc1OC. The third-order valence-corrected chi connectivity index (χ3v) is 4.21. The van der Waals surface area contributed by atoms with Gasteiger partial charge in [-0.2, -0.15) is 5.26 Å². The number of esters is 1. The normalized spacial score (nSPS) is 10.2. The largest absolute Gasteiger partial charge is 0.493 e. The van der Waals surface area contributed by atoms with Gasteiger partial charge in [-0.05, 0) is 25.3 Å². The van der Waals surface area contributed by atoms with Crippen LogP contribution in [0.5, 0.6) is 11.5 Å². The number of hydrogen-bond acceptors (Lipinski definition) is 8. The minimum absolute atomic E-state index is 0.130. The van der Waals surface area contributed by atoms with Gasteiger partial charge in [-0.1, -0.05) is 23.4 Å². The third-order valence-electron chi connectivity index (χ3n) is 3.35. The number of methoxy groups -OCH3 is 1. The zero-order valence-electron chi connectivity index (χ0n) is 14.8. The number of benzene rings is 1. The van der Waals surface area contributed by atoms with Crippen LogP contribution in [0.15, 0.2) is 22.1 Å². The maximum atomic E-state index is 12.1. The summed E-state index contributed by atoms with van der Waals surface area (Å²) in [6.07, 6.45) is 1.74. The smallest absolute Gasteiger partial charge is 0.344 e. The second-order valence-electron chi connectivity index (χ2n) is 4.99. The highest BCUT2D eigenvalue weighted by molar-refractivity contribution is 7.98. The molecule has 8 nitrogen and oxygen atoms in total. The Hall–Kier alpha value is -2.70. The summed E-state index contributed by atoms with van der Waals surface area (Å²) in [6.45, 7) is 1.58. The van der Waals surface area contributed by atoms with Gasteiger partial charge in [-0.25, -0.2) is 9.78 Å². The van der Waals surface area contributed by atoms with Crippen molar-refractivity contribution in [3.63, 3.8) is 0 Å². The van der Waals surface area contributed by atoms with Gasteiger partial charge in [0.2, 0.25) is 0 Å². The molecule has 0 saturated carbocycles. The molecule has 0 fully saturated rings. The zero-order valence-corrected chi connectivity index (χ0v) is 16.4. The van der Waals surface area contributed by atoms with E-state index in [1.807, 2.05) is 6.07 Å². The lowest BCUT2D eigenvalue weighted by atomic mass is 10.1. The van der Waals surface area contributed by atoms with Crippen LogP contribution in [0.2, 0.25) is 5.02 Å². The van der Waals surface area contributed by atoms with E-state index >= 15 is 0 Å². The van der Waals surface area contributed by atoms with E-state index in [1.54, 1.807) is 13.2 Å². The average Bonchev–Trinajstić information content (AvgIpc) is 2.65. The second-order valence-corrected chi connectivity index (χ2v) is 6.20. The van der Waals surface area contributed by atoms with Crippen molar-refractivity contribution in [1.29, 1.82) is 5.26 Å². The fourth-order valence-corrected chi connectivity index (χ4v) is 2.83. The first-order chi connectivity index (χ1) is 12.9. The average molecular weight is 410 g/mol. The van der Waals surface area contributed by atoms with E-state index in [0.29, 0.717) is 10.7 Å². The van der Waals surface area contributed by atoms with Crippen LogP contribution in [0.1, 0.15) is 12.5 Å². The molecular formula is C17H16ClN3O5S. The molecule has 1 aromatic carbocycles. The molecule has 2 rings (SSSR count). The highest BCUT2D eigenvalue weighted by Crippen LogP contribution is 2.39. The Bertz CT molecular complexity index is 955. The zero-order chi connectivity index (χ0) is 20.0. The summed E-state index contributed by atoms with van der Waals surface area (Å²) in [7, 11) is 1.40. The van der Waals surface area contributed by atoms with E-state index < -0.39 is 11.5 Å². The highest BCUT2D eigenvalue weighted by Gasteiger charge is 2.19. The molecule has 0 amide bonds. The predicted octanol–water partition coefficient (Wildman–Crippen LogP) is 2.63. The van der Waals surface area contributed by atoms with Crippen LogP contribution in [0.25, 0.3) is 11.3 Å². The van der Waals surface area contributed by atoms with Gasteiger partial charge in [-0.3, -0.25) is 4.79 Å². The van der Waals surface area contributed by atoms with Crippen LogP contribution in [0.3, 0.4) is 0 Å². The quantitative estimate of drug-likeness (QED) is 0.421. The molecule has 0 radical (unpaired) electrons. The Kier molecular flexibility index (Phi) is 7.10. The molecule has 10 heteroatoms. The second kappa shape index (κ2) is 9.30. The summed E-state index contributed by atoms with van der Waals surface area (Å²) < 4.78 is 15.5. The predicted molar refractivity (Wildman–Crippen MR) is 100 cm³/mol. The molecule has 0 spiro atoms. The van der Waals surface area contributed by atoms with Crippen molar-refractivity contribution in [1.82, 2.24) is 9.97 Å². The van der Waals surface area contributed by atoms with E-state index in [4.69, 9.17) is 25.8 Å². The standard InChI is InChI=1S/C17H16ClN3O5S/c1-4-25-13(22)8-26-15-11(18)5-9(6-12(15)24-2)14-10(7-19)16(23)21-17(20-14)27-3/h5-6H,4,8H2,1-3H3,(H,20,21,23). The van der Waals surface area contributed by atoms with Gasteiger partial charge in [0.25, 0.3) is 5.56 Å². The maximum absolute atomic E-state index is 12.1. The Labute approximate surface area is 164 Å². The Morgan fingerprint density at radius 1 is 1.44 bits per heavy atom. The van der Waals surface area contributed by atoms with Gasteiger partial charge in [0.05, 0.1) is 24.4 Å². The first kappa shape index (κ1) is 20.6. The lowest BCUT2D eigenvalue weighted by Crippen LogP contribution is -2.15. The fraction of sp³-hybridized carbons (Fsp3) is 0.294. The number of nitrogens with one attached hydrogen (secondary N) is 1. The van der Waals surface area contributed by atoms with Gasteiger partial charge in [0, 0.05) is 5.56 Å². The minimum Gasteiger partial charge on any atom is -0.493 e. The Morgan fingerprint density at radius 3 is 2.78 bits per heavy atom. The number of nitriles is 1. The van der Waals surface area contributed by atoms with Crippen molar-refractivity contribution >= 4 is 29.3 Å². The number of hydrogen-bond donors (Lipinski definition) is 1. The van der Waals surface area contributed by atoms with Crippen molar-refractivity contribution in [2.24, 2.45) is 0 Å². The van der Waals surface area contributed by atoms with Crippen LogP contribution >= 0.6 is 23.4 Å². The summed E-state index contributed by atoms with van der Waals surface area (Å²) >= 11 is 7.50. The van der Waals surface area contributed by atoms with Gasteiger partial charge in [-0.15, -0.1) is 0 Å². The van der Waals surface area contributed by atoms with Crippen molar-refractivity contribution < 1.29 is 19.0 Å². The summed E-state index contributed by atoms with van der Waals surface area (Å²) in [4.78, 5) is 30.4. The molecule has 0 saturated heterocycles. The molecule has 0 bridgehead atoms. The summed E-state index contributed by atoms with van der Waals surface area (Å²) in [5.41, 5.74) is -0.128. The Morgan fingerprint density at radius 2 is 2.19 bits per heavy atom. The molecule has 0 aliphatic rings. The number of carbonyl (C=O) groups excluding carboxylic acids is 1. The topological polar surface area (TPSA) is 114 Å². The molecule has 27 heavy (non-hydrogen) atoms. The minimum atomic E-state index is -0.551. The van der Waals surface area contributed by atoms with Gasteiger partial charge in [0.1, 0.15) is 11.6 Å². The number of nitrogens with zero attached hydrogens (tertiary/aromatic N) is 2. The van der Waals surface area contributed by atoms with Crippen LogP contribution < -0.4 is 15.0 Å². The first-order valence-corrected chi connectivity index (χ1v) is 9.30. The molecule has 1 N–H and O–H groups in total. The molecular weight excluding hydrogens is 394 g/mol. The lowest BCUT2D eigenvalue weighted by Gasteiger charge is -2.14. The van der Waals surface area contributed by atoms with Gasteiger partial charge >= 0.3 is 5.97 Å². The maximum Gasteiger partial charge on any atom is 0.344 e. The number of ether oxygens (including phenoxy) is 3. The van der Waals surface area contributed by atoms with Crippen molar-refractivity contribution in [3.05, 3.63) is 33.1 Å². The molecule has 0 unspecified atom stereocenters. The van der Waals surface area contributed by atoms with Crippen LogP contribution in [0, 0.1) is 11.3 Å². The molecule has 1 heterocycles. The van der Waals surface area contributed by atoms with Crippen LogP contribution in [-0.2, 0) is 9.53 Å². The number of aromatic amines is 1. The summed E-state index contributed by atoms with van der Waals surface area (Å²) in [5.74, 6) is -0.185. The molecule has 142 valence electrons. The van der Waals surface area contributed by atoms with E-state index in [2.05, 4.69) is 9.97 Å². The number of halogens is 1. The van der Waals surface area contributed by atoms with Crippen LogP contribution in [-0.4, -0.2) is 42.5 Å². The Balaban J connectivity index is 2.51. The molecule has 1 aromatic heterocycles. The van der Waals surface area contributed by atoms with Gasteiger partial charge in [0.15, 0.2) is 23.3 Å². The van der Waals surface area contributed by atoms with E-state index in [-0.39, 0.29) is 41.0 Å². The van der Waals surface area contributed by atoms with E-state index in [1.165, 1.54) is 31.0 Å². The van der Waals surface area contributed by atoms with E-state index in [0.717, 1.165) is 0 Å².